The summed E-state index contributed by atoms with van der Waals surface area (Å²) in [7, 11) is 0. The van der Waals surface area contributed by atoms with Crippen LogP contribution in [-0.2, 0) is 11.4 Å². The largest absolute Gasteiger partial charge is 0.488 e. The molecule has 1 unspecified atom stereocenters. The molecule has 0 radical (unpaired) electrons. The molecular formula is C24H21BrCl2N2O3. The first-order valence-electron chi connectivity index (χ1n) is 9.87. The van der Waals surface area contributed by atoms with Gasteiger partial charge in [-0.15, -0.1) is 0 Å². The number of halogens is 3. The standard InChI is InChI=1S/C24H21BrCl2N2O3/c1-2-21(32-23-11-9-19(26)13-20(23)27)24(30)29-28-14-17-12-18(25)8-10-22(17)31-15-16-6-4-3-5-7-16/h3-14,21H,2,15H2,1H3,(H,29,30)/b28-14+. The smallest absolute Gasteiger partial charge is 0.281 e. The van der Waals surface area contributed by atoms with Gasteiger partial charge in [0.05, 0.1) is 11.2 Å². The van der Waals surface area contributed by atoms with E-state index in [0.29, 0.717) is 40.1 Å². The molecule has 0 spiro atoms. The van der Waals surface area contributed by atoms with Gasteiger partial charge in [-0.05, 0) is 48.4 Å². The number of benzene rings is 3. The summed E-state index contributed by atoms with van der Waals surface area (Å²) in [6.07, 6.45) is 1.20. The van der Waals surface area contributed by atoms with Crippen molar-refractivity contribution >= 4 is 51.3 Å². The van der Waals surface area contributed by atoms with Gasteiger partial charge in [-0.3, -0.25) is 4.79 Å². The van der Waals surface area contributed by atoms with Crippen molar-refractivity contribution in [3.63, 3.8) is 0 Å². The zero-order valence-electron chi connectivity index (χ0n) is 17.2. The molecule has 0 aliphatic heterocycles. The van der Waals surface area contributed by atoms with Gasteiger partial charge < -0.3 is 9.47 Å². The second-order valence-corrected chi connectivity index (χ2v) is 8.54. The van der Waals surface area contributed by atoms with E-state index >= 15 is 0 Å². The average Bonchev–Trinajstić information content (AvgIpc) is 2.78. The summed E-state index contributed by atoms with van der Waals surface area (Å²) >= 11 is 15.5. The van der Waals surface area contributed by atoms with E-state index in [1.54, 1.807) is 18.2 Å². The van der Waals surface area contributed by atoms with E-state index in [2.05, 4.69) is 26.5 Å². The Morgan fingerprint density at radius 1 is 1.09 bits per heavy atom. The third kappa shape index (κ3) is 6.99. The van der Waals surface area contributed by atoms with Crippen molar-refractivity contribution in [2.24, 2.45) is 5.10 Å². The number of carbonyl (C=O) groups is 1. The lowest BCUT2D eigenvalue weighted by atomic mass is 10.2. The third-order valence-electron chi connectivity index (χ3n) is 4.41. The van der Waals surface area contributed by atoms with Crippen LogP contribution in [0.4, 0.5) is 0 Å². The highest BCUT2D eigenvalue weighted by molar-refractivity contribution is 9.10. The minimum absolute atomic E-state index is 0.335. The fraction of sp³-hybridized carbons (Fsp3) is 0.167. The van der Waals surface area contributed by atoms with Crippen molar-refractivity contribution in [3.8, 4) is 11.5 Å². The van der Waals surface area contributed by atoms with Crippen LogP contribution in [0.1, 0.15) is 24.5 Å². The van der Waals surface area contributed by atoms with E-state index < -0.39 is 12.0 Å². The number of amides is 1. The lowest BCUT2D eigenvalue weighted by molar-refractivity contribution is -0.128. The zero-order chi connectivity index (χ0) is 22.9. The molecular weight excluding hydrogens is 515 g/mol. The Labute approximate surface area is 205 Å². The number of hydrogen-bond acceptors (Lipinski definition) is 4. The van der Waals surface area contributed by atoms with Gasteiger partial charge in [0.15, 0.2) is 6.10 Å². The summed E-state index contributed by atoms with van der Waals surface area (Å²) in [5.41, 5.74) is 4.28. The number of hydrazone groups is 1. The second-order valence-electron chi connectivity index (χ2n) is 6.78. The average molecular weight is 536 g/mol. The molecule has 0 heterocycles. The first kappa shape index (κ1) is 24.1. The van der Waals surface area contributed by atoms with Gasteiger partial charge in [0.1, 0.15) is 18.1 Å². The number of ether oxygens (including phenoxy) is 2. The maximum Gasteiger partial charge on any atom is 0.281 e. The van der Waals surface area contributed by atoms with Gasteiger partial charge in [-0.1, -0.05) is 76.4 Å². The van der Waals surface area contributed by atoms with Crippen molar-refractivity contribution in [1.29, 1.82) is 0 Å². The Morgan fingerprint density at radius 2 is 1.84 bits per heavy atom. The van der Waals surface area contributed by atoms with Crippen molar-refractivity contribution in [1.82, 2.24) is 5.43 Å². The minimum Gasteiger partial charge on any atom is -0.488 e. The van der Waals surface area contributed by atoms with Crippen LogP contribution >= 0.6 is 39.1 Å². The second kappa shape index (κ2) is 11.9. The molecule has 0 aromatic heterocycles. The van der Waals surface area contributed by atoms with Crippen LogP contribution in [0.2, 0.25) is 10.0 Å². The minimum atomic E-state index is -0.762. The molecule has 1 N–H and O–H groups in total. The van der Waals surface area contributed by atoms with E-state index in [1.165, 1.54) is 6.21 Å². The molecule has 0 fully saturated rings. The predicted molar refractivity (Wildman–Crippen MR) is 132 cm³/mol. The maximum absolute atomic E-state index is 12.6. The molecule has 3 aromatic rings. The van der Waals surface area contributed by atoms with Crippen LogP contribution in [0.15, 0.2) is 76.3 Å². The van der Waals surface area contributed by atoms with Gasteiger partial charge in [0, 0.05) is 15.1 Å². The summed E-state index contributed by atoms with van der Waals surface area (Å²) < 4.78 is 12.5. The summed E-state index contributed by atoms with van der Waals surface area (Å²) in [4.78, 5) is 12.6. The quantitative estimate of drug-likeness (QED) is 0.246. The highest BCUT2D eigenvalue weighted by Gasteiger charge is 2.19. The molecule has 0 aliphatic carbocycles. The van der Waals surface area contributed by atoms with Gasteiger partial charge in [0.2, 0.25) is 0 Å². The van der Waals surface area contributed by atoms with Crippen molar-refractivity contribution in [2.75, 3.05) is 0 Å². The number of nitrogens with zero attached hydrogens (tertiary/aromatic N) is 1. The zero-order valence-corrected chi connectivity index (χ0v) is 20.3. The number of hydrogen-bond donors (Lipinski definition) is 1. The summed E-state index contributed by atoms with van der Waals surface area (Å²) in [6.45, 7) is 2.25. The summed E-state index contributed by atoms with van der Waals surface area (Å²) in [5, 5.41) is 4.91. The van der Waals surface area contributed by atoms with E-state index in [-0.39, 0.29) is 0 Å². The van der Waals surface area contributed by atoms with Crippen LogP contribution < -0.4 is 14.9 Å². The van der Waals surface area contributed by atoms with E-state index in [4.69, 9.17) is 32.7 Å². The third-order valence-corrected chi connectivity index (χ3v) is 5.44. The summed E-state index contributed by atoms with van der Waals surface area (Å²) in [5.74, 6) is 0.633. The Hall–Kier alpha value is -2.54. The highest BCUT2D eigenvalue weighted by atomic mass is 79.9. The number of nitrogens with one attached hydrogen (secondary N) is 1. The molecule has 0 saturated heterocycles. The van der Waals surface area contributed by atoms with E-state index in [0.717, 1.165) is 10.0 Å². The molecule has 1 atom stereocenters. The molecule has 32 heavy (non-hydrogen) atoms. The number of rotatable bonds is 9. The van der Waals surface area contributed by atoms with Crippen molar-refractivity contribution in [3.05, 3.63) is 92.4 Å². The van der Waals surface area contributed by atoms with Crippen LogP contribution in [0.5, 0.6) is 11.5 Å². The van der Waals surface area contributed by atoms with Gasteiger partial charge in [0.25, 0.3) is 5.91 Å². The molecule has 5 nitrogen and oxygen atoms in total. The Kier molecular flexibility index (Phi) is 8.97. The SMILES string of the molecule is CCC(Oc1ccc(Cl)cc1Cl)C(=O)N/N=C/c1cc(Br)ccc1OCc1ccccc1. The fourth-order valence-electron chi connectivity index (χ4n) is 2.77. The van der Waals surface area contributed by atoms with E-state index in [1.807, 2.05) is 55.5 Å². The Balaban J connectivity index is 1.64. The van der Waals surface area contributed by atoms with E-state index in [9.17, 15) is 4.79 Å². The Bertz CT molecular complexity index is 1090. The normalized spacial score (nSPS) is 11.9. The van der Waals surface area contributed by atoms with Crippen molar-refractivity contribution in [2.45, 2.75) is 26.1 Å². The lowest BCUT2D eigenvalue weighted by Gasteiger charge is -2.16. The molecule has 0 saturated carbocycles. The maximum atomic E-state index is 12.6. The van der Waals surface area contributed by atoms with Crippen LogP contribution in [-0.4, -0.2) is 18.2 Å². The van der Waals surface area contributed by atoms with Crippen LogP contribution in [0, 0.1) is 0 Å². The lowest BCUT2D eigenvalue weighted by Crippen LogP contribution is -2.35. The molecule has 0 aliphatic rings. The molecule has 0 bridgehead atoms. The first-order valence-corrected chi connectivity index (χ1v) is 11.4. The molecule has 166 valence electrons. The molecule has 3 rings (SSSR count). The Morgan fingerprint density at radius 3 is 2.56 bits per heavy atom. The monoisotopic (exact) mass is 534 g/mol. The number of carbonyl (C=O) groups excluding carboxylic acids is 1. The summed E-state index contributed by atoms with van der Waals surface area (Å²) in [6, 6.07) is 20.3. The molecule has 3 aromatic carbocycles. The highest BCUT2D eigenvalue weighted by Crippen LogP contribution is 2.28. The molecule has 8 heteroatoms. The molecule has 1 amide bonds. The van der Waals surface area contributed by atoms with Crippen molar-refractivity contribution < 1.29 is 14.3 Å². The topological polar surface area (TPSA) is 59.9 Å². The fourth-order valence-corrected chi connectivity index (χ4v) is 3.60. The van der Waals surface area contributed by atoms with Gasteiger partial charge >= 0.3 is 0 Å². The first-order chi connectivity index (χ1) is 15.5. The van der Waals surface area contributed by atoms with Crippen LogP contribution in [0.3, 0.4) is 0 Å². The van der Waals surface area contributed by atoms with Crippen LogP contribution in [0.25, 0.3) is 0 Å². The predicted octanol–water partition coefficient (Wildman–Crippen LogP) is 6.64. The van der Waals surface area contributed by atoms with Gasteiger partial charge in [-0.25, -0.2) is 5.43 Å². The van der Waals surface area contributed by atoms with Gasteiger partial charge in [-0.2, -0.15) is 5.10 Å².